The maximum absolute atomic E-state index is 13.8. The topological polar surface area (TPSA) is 64.3 Å². The number of benzene rings is 2. The van der Waals surface area contributed by atoms with Crippen molar-refractivity contribution in [2.24, 2.45) is 5.73 Å². The summed E-state index contributed by atoms with van der Waals surface area (Å²) in [5.74, 6) is -0.921. The molecule has 0 aromatic heterocycles. The number of amides is 1. The molecule has 2 aromatic carbocycles. The predicted octanol–water partition coefficient (Wildman–Crippen LogP) is 2.22. The molecule has 110 valence electrons. The van der Waals surface area contributed by atoms with Crippen LogP contribution in [0.15, 0.2) is 42.5 Å². The normalized spacial score (nSPS) is 10.2. The molecule has 0 radical (unpaired) electrons. The summed E-state index contributed by atoms with van der Waals surface area (Å²) in [5, 5.41) is 2.69. The van der Waals surface area contributed by atoms with Crippen molar-refractivity contribution in [1.82, 2.24) is 5.32 Å². The van der Waals surface area contributed by atoms with Crippen molar-refractivity contribution >= 4 is 5.91 Å². The zero-order chi connectivity index (χ0) is 15.2. The first-order valence-electron chi connectivity index (χ1n) is 6.55. The molecule has 0 fully saturated rings. The molecule has 0 unspecified atom stereocenters. The lowest BCUT2D eigenvalue weighted by Gasteiger charge is -2.12. The molecule has 0 spiro atoms. The maximum Gasteiger partial charge on any atom is 0.258 e. The van der Waals surface area contributed by atoms with Gasteiger partial charge in [-0.3, -0.25) is 4.79 Å². The zero-order valence-corrected chi connectivity index (χ0v) is 11.7. The molecule has 0 saturated carbocycles. The molecule has 21 heavy (non-hydrogen) atoms. The van der Waals surface area contributed by atoms with E-state index in [4.69, 9.17) is 10.5 Å². The highest BCUT2D eigenvalue weighted by atomic mass is 19.1. The Labute approximate surface area is 122 Å². The van der Waals surface area contributed by atoms with E-state index in [1.165, 1.54) is 19.2 Å². The fourth-order valence-electron chi connectivity index (χ4n) is 2.09. The lowest BCUT2D eigenvalue weighted by Crippen LogP contribution is -2.25. The van der Waals surface area contributed by atoms with Crippen molar-refractivity contribution in [3.63, 3.8) is 0 Å². The van der Waals surface area contributed by atoms with Gasteiger partial charge in [0.15, 0.2) is 0 Å². The van der Waals surface area contributed by atoms with Crippen LogP contribution in [0.3, 0.4) is 0 Å². The van der Waals surface area contributed by atoms with Gasteiger partial charge in [-0.1, -0.05) is 30.3 Å². The van der Waals surface area contributed by atoms with Crippen molar-refractivity contribution in [3.8, 4) is 5.75 Å². The number of hydrogen-bond donors (Lipinski definition) is 2. The molecule has 3 N–H and O–H groups in total. The molecule has 1 amide bonds. The van der Waals surface area contributed by atoms with Gasteiger partial charge in [-0.15, -0.1) is 0 Å². The third-order valence-electron chi connectivity index (χ3n) is 3.20. The third-order valence-corrected chi connectivity index (χ3v) is 3.20. The molecule has 2 rings (SSSR count). The number of methoxy groups -OCH3 is 1. The summed E-state index contributed by atoms with van der Waals surface area (Å²) in [6, 6.07) is 11.8. The van der Waals surface area contributed by atoms with Gasteiger partial charge in [0.1, 0.15) is 17.1 Å². The van der Waals surface area contributed by atoms with Gasteiger partial charge in [0.05, 0.1) is 7.11 Å². The summed E-state index contributed by atoms with van der Waals surface area (Å²) in [4.78, 5) is 12.2. The van der Waals surface area contributed by atoms with Crippen LogP contribution in [0.25, 0.3) is 0 Å². The minimum Gasteiger partial charge on any atom is -0.496 e. The number of halogens is 1. The second kappa shape index (κ2) is 6.85. The molecular weight excluding hydrogens is 271 g/mol. The molecule has 0 saturated heterocycles. The Kier molecular flexibility index (Phi) is 4.90. The molecule has 0 heterocycles. The number of carbonyl (C=O) groups excluding carboxylic acids is 1. The van der Waals surface area contributed by atoms with Crippen LogP contribution in [0.1, 0.15) is 21.5 Å². The molecule has 0 aliphatic rings. The van der Waals surface area contributed by atoms with E-state index in [0.717, 1.165) is 11.1 Å². The minimum absolute atomic E-state index is 0.0924. The standard InChI is InChI=1S/C16H17FN2O2/c1-21-14-8-4-7-13(17)15(14)16(20)19-10-12-6-3-2-5-11(12)9-18/h2-8H,9-10,18H2,1H3,(H,19,20). The summed E-state index contributed by atoms with van der Waals surface area (Å²) in [6.07, 6.45) is 0. The second-order valence-corrected chi connectivity index (χ2v) is 4.47. The SMILES string of the molecule is COc1cccc(F)c1C(=O)NCc1ccccc1CN. The van der Waals surface area contributed by atoms with Crippen LogP contribution in [0.5, 0.6) is 5.75 Å². The molecule has 2 aromatic rings. The summed E-state index contributed by atoms with van der Waals surface area (Å²) < 4.78 is 18.8. The Balaban J connectivity index is 2.16. The highest BCUT2D eigenvalue weighted by Crippen LogP contribution is 2.21. The third kappa shape index (κ3) is 3.38. The van der Waals surface area contributed by atoms with Gasteiger partial charge in [-0.05, 0) is 23.3 Å². The number of rotatable bonds is 5. The monoisotopic (exact) mass is 288 g/mol. The summed E-state index contributed by atoms with van der Waals surface area (Å²) in [5.41, 5.74) is 7.40. The number of nitrogens with one attached hydrogen (secondary N) is 1. The zero-order valence-electron chi connectivity index (χ0n) is 11.7. The molecule has 0 atom stereocenters. The summed E-state index contributed by atoms with van der Waals surface area (Å²) in [7, 11) is 1.40. The number of nitrogens with two attached hydrogens (primary N) is 1. The van der Waals surface area contributed by atoms with Crippen LogP contribution in [-0.4, -0.2) is 13.0 Å². The molecule has 5 heteroatoms. The second-order valence-electron chi connectivity index (χ2n) is 4.47. The van der Waals surface area contributed by atoms with Gasteiger partial charge in [0.2, 0.25) is 0 Å². The Morgan fingerprint density at radius 3 is 2.57 bits per heavy atom. The number of carbonyl (C=O) groups is 1. The quantitative estimate of drug-likeness (QED) is 0.886. The van der Waals surface area contributed by atoms with Crippen molar-refractivity contribution in [2.75, 3.05) is 7.11 Å². The highest BCUT2D eigenvalue weighted by molar-refractivity contribution is 5.97. The van der Waals surface area contributed by atoms with Gasteiger partial charge in [0, 0.05) is 13.1 Å². The van der Waals surface area contributed by atoms with E-state index in [1.54, 1.807) is 6.07 Å². The molecule has 0 bridgehead atoms. The Bertz CT molecular complexity index is 644. The van der Waals surface area contributed by atoms with Crippen LogP contribution in [0, 0.1) is 5.82 Å². The Hall–Kier alpha value is -2.40. The van der Waals surface area contributed by atoms with E-state index < -0.39 is 11.7 Å². The van der Waals surface area contributed by atoms with E-state index in [2.05, 4.69) is 5.32 Å². The average Bonchev–Trinajstić information content (AvgIpc) is 2.52. The lowest BCUT2D eigenvalue weighted by atomic mass is 10.1. The minimum atomic E-state index is -0.612. The lowest BCUT2D eigenvalue weighted by molar-refractivity contribution is 0.0943. The van der Waals surface area contributed by atoms with Crippen LogP contribution in [0.2, 0.25) is 0 Å². The van der Waals surface area contributed by atoms with E-state index in [9.17, 15) is 9.18 Å². The highest BCUT2D eigenvalue weighted by Gasteiger charge is 2.17. The van der Waals surface area contributed by atoms with E-state index in [0.29, 0.717) is 6.54 Å². The fraction of sp³-hybridized carbons (Fsp3) is 0.188. The fourth-order valence-corrected chi connectivity index (χ4v) is 2.09. The van der Waals surface area contributed by atoms with Gasteiger partial charge >= 0.3 is 0 Å². The van der Waals surface area contributed by atoms with Crippen molar-refractivity contribution < 1.29 is 13.9 Å². The van der Waals surface area contributed by atoms with Gasteiger partial charge in [0.25, 0.3) is 5.91 Å². The van der Waals surface area contributed by atoms with Crippen molar-refractivity contribution in [1.29, 1.82) is 0 Å². The van der Waals surface area contributed by atoms with Gasteiger partial charge in [-0.2, -0.15) is 0 Å². The predicted molar refractivity (Wildman–Crippen MR) is 78.5 cm³/mol. The van der Waals surface area contributed by atoms with E-state index >= 15 is 0 Å². The molecule has 0 aliphatic carbocycles. The van der Waals surface area contributed by atoms with Gasteiger partial charge in [-0.25, -0.2) is 4.39 Å². The average molecular weight is 288 g/mol. The molecule has 4 nitrogen and oxygen atoms in total. The first-order valence-corrected chi connectivity index (χ1v) is 6.55. The van der Waals surface area contributed by atoms with Gasteiger partial charge < -0.3 is 15.8 Å². The van der Waals surface area contributed by atoms with Crippen LogP contribution in [0.4, 0.5) is 4.39 Å². The molecule has 0 aliphatic heterocycles. The number of hydrogen-bond acceptors (Lipinski definition) is 3. The Morgan fingerprint density at radius 1 is 1.19 bits per heavy atom. The van der Waals surface area contributed by atoms with Crippen LogP contribution < -0.4 is 15.8 Å². The van der Waals surface area contributed by atoms with Crippen LogP contribution in [-0.2, 0) is 13.1 Å². The summed E-state index contributed by atoms with van der Waals surface area (Å²) >= 11 is 0. The number of ether oxygens (including phenoxy) is 1. The smallest absolute Gasteiger partial charge is 0.258 e. The van der Waals surface area contributed by atoms with E-state index in [-0.39, 0.29) is 17.9 Å². The molecular formula is C16H17FN2O2. The first-order chi connectivity index (χ1) is 10.2. The largest absolute Gasteiger partial charge is 0.496 e. The van der Waals surface area contributed by atoms with Crippen LogP contribution >= 0.6 is 0 Å². The van der Waals surface area contributed by atoms with Crippen molar-refractivity contribution in [2.45, 2.75) is 13.1 Å². The van der Waals surface area contributed by atoms with Crippen molar-refractivity contribution in [3.05, 3.63) is 65.0 Å². The van der Waals surface area contributed by atoms with E-state index in [1.807, 2.05) is 24.3 Å². The maximum atomic E-state index is 13.8. The Morgan fingerprint density at radius 2 is 1.90 bits per heavy atom. The first kappa shape index (κ1) is 15.0. The summed E-state index contributed by atoms with van der Waals surface area (Å²) in [6.45, 7) is 0.665.